The van der Waals surface area contributed by atoms with E-state index in [2.05, 4.69) is 11.3 Å². The second kappa shape index (κ2) is 7.63. The zero-order valence-electron chi connectivity index (χ0n) is 10.9. The molecule has 0 saturated carbocycles. The van der Waals surface area contributed by atoms with Gasteiger partial charge in [0.05, 0.1) is 5.41 Å². The van der Waals surface area contributed by atoms with Crippen molar-refractivity contribution < 1.29 is 24.2 Å². The highest BCUT2D eigenvalue weighted by molar-refractivity contribution is 5.93. The van der Waals surface area contributed by atoms with Gasteiger partial charge < -0.3 is 9.84 Å². The van der Waals surface area contributed by atoms with E-state index in [1.54, 1.807) is 6.92 Å². The molecule has 5 nitrogen and oxygen atoms in total. The summed E-state index contributed by atoms with van der Waals surface area (Å²) in [4.78, 5) is 33.5. The first-order chi connectivity index (χ1) is 8.35. The molecule has 0 radical (unpaired) electrons. The summed E-state index contributed by atoms with van der Waals surface area (Å²) in [5, 5.41) is 8.68. The number of hydrogen-bond donors (Lipinski definition) is 1. The van der Waals surface area contributed by atoms with E-state index in [-0.39, 0.29) is 12.8 Å². The lowest BCUT2D eigenvalue weighted by Crippen LogP contribution is -2.32. The number of hydrogen-bond acceptors (Lipinski definition) is 4. The van der Waals surface area contributed by atoms with E-state index in [0.29, 0.717) is 6.42 Å². The number of carbonyl (C=O) groups excluding carboxylic acids is 2. The van der Waals surface area contributed by atoms with Gasteiger partial charge in [-0.2, -0.15) is 0 Å². The molecule has 0 amide bonds. The third-order valence-corrected chi connectivity index (χ3v) is 2.83. The number of carboxylic acids is 1. The summed E-state index contributed by atoms with van der Waals surface area (Å²) in [5.41, 5.74) is -0.937. The summed E-state index contributed by atoms with van der Waals surface area (Å²) in [6.45, 7) is 6.81. The maximum Gasteiger partial charge on any atom is 0.337 e. The van der Waals surface area contributed by atoms with E-state index in [9.17, 15) is 14.4 Å². The second-order valence-electron chi connectivity index (χ2n) is 4.47. The van der Waals surface area contributed by atoms with Gasteiger partial charge in [-0.25, -0.2) is 4.79 Å². The molecule has 0 spiro atoms. The number of carbonyl (C=O) groups is 3. The molecule has 1 unspecified atom stereocenters. The van der Waals surface area contributed by atoms with Gasteiger partial charge in [0.15, 0.2) is 0 Å². The molecule has 0 heterocycles. The van der Waals surface area contributed by atoms with Gasteiger partial charge >= 0.3 is 17.9 Å². The van der Waals surface area contributed by atoms with Gasteiger partial charge in [-0.3, -0.25) is 9.59 Å². The lowest BCUT2D eigenvalue weighted by atomic mass is 9.80. The van der Waals surface area contributed by atoms with Crippen LogP contribution in [0.25, 0.3) is 0 Å². The lowest BCUT2D eigenvalue weighted by Gasteiger charge is -2.25. The van der Waals surface area contributed by atoms with E-state index in [1.165, 1.54) is 0 Å². The van der Waals surface area contributed by atoms with E-state index >= 15 is 0 Å². The van der Waals surface area contributed by atoms with E-state index in [0.717, 1.165) is 18.9 Å². The third kappa shape index (κ3) is 5.61. The van der Waals surface area contributed by atoms with Crippen molar-refractivity contribution in [3.63, 3.8) is 0 Å². The van der Waals surface area contributed by atoms with Crippen LogP contribution in [0.2, 0.25) is 0 Å². The topological polar surface area (TPSA) is 80.7 Å². The predicted octanol–water partition coefficient (Wildman–Crippen LogP) is 2.30. The number of aliphatic carboxylic acids is 1. The van der Waals surface area contributed by atoms with Crippen LogP contribution >= 0.6 is 0 Å². The van der Waals surface area contributed by atoms with E-state index in [4.69, 9.17) is 5.11 Å². The SMILES string of the molecule is C=CC(=O)OC(=O)C(C)(CCCC)CCC(=O)O. The molecule has 0 aromatic carbocycles. The van der Waals surface area contributed by atoms with Crippen LogP contribution in [0, 0.1) is 5.41 Å². The summed E-state index contributed by atoms with van der Waals surface area (Å²) in [5.74, 6) is -2.46. The average molecular weight is 256 g/mol. The van der Waals surface area contributed by atoms with Crippen LogP contribution < -0.4 is 0 Å². The highest BCUT2D eigenvalue weighted by Gasteiger charge is 2.35. The van der Waals surface area contributed by atoms with Crippen molar-refractivity contribution in [3.8, 4) is 0 Å². The van der Waals surface area contributed by atoms with Gasteiger partial charge in [-0.1, -0.05) is 26.3 Å². The summed E-state index contributed by atoms with van der Waals surface area (Å²) < 4.78 is 4.61. The molecule has 0 fully saturated rings. The van der Waals surface area contributed by atoms with Gasteiger partial charge in [0.1, 0.15) is 0 Å². The maximum atomic E-state index is 11.9. The van der Waals surface area contributed by atoms with Gasteiger partial charge in [-0.15, -0.1) is 0 Å². The summed E-state index contributed by atoms with van der Waals surface area (Å²) >= 11 is 0. The normalized spacial score (nSPS) is 13.4. The van der Waals surface area contributed by atoms with Crippen LogP contribution in [-0.2, 0) is 19.1 Å². The molecule has 1 atom stereocenters. The summed E-state index contributed by atoms with van der Waals surface area (Å²) in [6.07, 6.45) is 3.09. The van der Waals surface area contributed by atoms with Crippen LogP contribution in [0.5, 0.6) is 0 Å². The van der Waals surface area contributed by atoms with Crippen molar-refractivity contribution in [2.24, 2.45) is 5.41 Å². The van der Waals surface area contributed by atoms with Crippen molar-refractivity contribution in [2.75, 3.05) is 0 Å². The lowest BCUT2D eigenvalue weighted by molar-refractivity contribution is -0.164. The Balaban J connectivity index is 4.71. The van der Waals surface area contributed by atoms with Crippen molar-refractivity contribution >= 4 is 17.9 Å². The Morgan fingerprint density at radius 2 is 1.94 bits per heavy atom. The smallest absolute Gasteiger partial charge is 0.337 e. The van der Waals surface area contributed by atoms with Gasteiger partial charge in [0.2, 0.25) is 0 Å². The molecule has 0 aliphatic rings. The molecule has 0 rings (SSSR count). The highest BCUT2D eigenvalue weighted by atomic mass is 16.6. The fourth-order valence-electron chi connectivity index (χ4n) is 1.54. The number of esters is 2. The first kappa shape index (κ1) is 16.4. The quantitative estimate of drug-likeness (QED) is 0.409. The molecule has 1 N–H and O–H groups in total. The molecule has 0 aromatic heterocycles. The molecular formula is C13H20O5. The molecule has 18 heavy (non-hydrogen) atoms. The fourth-order valence-corrected chi connectivity index (χ4v) is 1.54. The zero-order valence-corrected chi connectivity index (χ0v) is 10.9. The number of ether oxygens (including phenoxy) is 1. The Hall–Kier alpha value is -1.65. The van der Waals surface area contributed by atoms with Crippen LogP contribution in [-0.4, -0.2) is 23.0 Å². The standard InChI is InChI=1S/C13H20O5/c1-4-6-8-13(3,9-7-10(14)15)12(17)18-11(16)5-2/h5H,2,4,6-9H2,1,3H3,(H,14,15). The van der Waals surface area contributed by atoms with Crippen LogP contribution in [0.3, 0.4) is 0 Å². The van der Waals surface area contributed by atoms with Crippen LogP contribution in [0.1, 0.15) is 46.0 Å². The first-order valence-electron chi connectivity index (χ1n) is 5.96. The summed E-state index contributed by atoms with van der Waals surface area (Å²) in [6, 6.07) is 0. The molecule has 0 saturated heterocycles. The van der Waals surface area contributed by atoms with Crippen molar-refractivity contribution in [3.05, 3.63) is 12.7 Å². The largest absolute Gasteiger partial charge is 0.481 e. The number of unbranched alkanes of at least 4 members (excludes halogenated alkanes) is 1. The minimum Gasteiger partial charge on any atom is -0.481 e. The predicted molar refractivity (Wildman–Crippen MR) is 65.8 cm³/mol. The monoisotopic (exact) mass is 256 g/mol. The second-order valence-corrected chi connectivity index (χ2v) is 4.47. The molecule has 0 aliphatic heterocycles. The number of rotatable bonds is 8. The number of carboxylic acid groups (broad SMARTS) is 1. The first-order valence-corrected chi connectivity index (χ1v) is 5.96. The van der Waals surface area contributed by atoms with Gasteiger partial charge in [0, 0.05) is 12.5 Å². The Morgan fingerprint density at radius 1 is 1.33 bits per heavy atom. The third-order valence-electron chi connectivity index (χ3n) is 2.83. The van der Waals surface area contributed by atoms with Crippen molar-refractivity contribution in [1.82, 2.24) is 0 Å². The molecular weight excluding hydrogens is 236 g/mol. The Kier molecular flexibility index (Phi) is 6.93. The van der Waals surface area contributed by atoms with Crippen LogP contribution in [0.4, 0.5) is 0 Å². The van der Waals surface area contributed by atoms with Gasteiger partial charge in [0.25, 0.3) is 0 Å². The minimum atomic E-state index is -0.972. The Morgan fingerprint density at radius 3 is 2.39 bits per heavy atom. The zero-order chi connectivity index (χ0) is 14.2. The average Bonchev–Trinajstić information content (AvgIpc) is 2.33. The molecule has 5 heteroatoms. The van der Waals surface area contributed by atoms with E-state index in [1.807, 2.05) is 6.92 Å². The van der Waals surface area contributed by atoms with Gasteiger partial charge in [-0.05, 0) is 19.8 Å². The highest BCUT2D eigenvalue weighted by Crippen LogP contribution is 2.31. The molecule has 0 aliphatic carbocycles. The van der Waals surface area contributed by atoms with Crippen molar-refractivity contribution in [2.45, 2.75) is 46.0 Å². The molecule has 102 valence electrons. The fraction of sp³-hybridized carbons (Fsp3) is 0.615. The molecule has 0 aromatic rings. The Labute approximate surface area is 107 Å². The summed E-state index contributed by atoms with van der Waals surface area (Å²) in [7, 11) is 0. The Bertz CT molecular complexity index is 334. The minimum absolute atomic E-state index is 0.127. The molecule has 0 bridgehead atoms. The van der Waals surface area contributed by atoms with E-state index < -0.39 is 23.3 Å². The maximum absolute atomic E-state index is 11.9. The van der Waals surface area contributed by atoms with Crippen molar-refractivity contribution in [1.29, 1.82) is 0 Å². The van der Waals surface area contributed by atoms with Crippen LogP contribution in [0.15, 0.2) is 12.7 Å².